The summed E-state index contributed by atoms with van der Waals surface area (Å²) in [5.41, 5.74) is 7.57. The van der Waals surface area contributed by atoms with E-state index >= 15 is 0 Å². The molecule has 0 bridgehead atoms. The smallest absolute Gasteiger partial charge is 0.251 e. The van der Waals surface area contributed by atoms with Crippen molar-refractivity contribution in [3.8, 4) is 0 Å². The van der Waals surface area contributed by atoms with Crippen LogP contribution in [0.5, 0.6) is 0 Å². The zero-order valence-corrected chi connectivity index (χ0v) is 12.8. The lowest BCUT2D eigenvalue weighted by Crippen LogP contribution is -2.35. The average molecular weight is 313 g/mol. The molecule has 1 fully saturated rings. The summed E-state index contributed by atoms with van der Waals surface area (Å²) in [7, 11) is 0. The van der Waals surface area contributed by atoms with Gasteiger partial charge in [-0.05, 0) is 12.5 Å². The number of benzene rings is 1. The van der Waals surface area contributed by atoms with Crippen molar-refractivity contribution in [3.05, 3.63) is 63.8 Å². The molecule has 1 aromatic heterocycles. The molecule has 0 aliphatic carbocycles. The standard InChI is InChI=1S/C16H19N5O2/c1-10-19-12(7-14(22)20-10)8-17-16(23)13-9-18-21-15(13)11-5-3-2-4-6-11/h2-7,13,15,18,21H,8-9H2,1H3,(H,17,23)(H,19,20,22). The minimum atomic E-state index is -0.222. The molecule has 0 radical (unpaired) electrons. The van der Waals surface area contributed by atoms with E-state index < -0.39 is 0 Å². The molecule has 1 aromatic carbocycles. The van der Waals surface area contributed by atoms with E-state index in [1.54, 1.807) is 6.92 Å². The van der Waals surface area contributed by atoms with Crippen LogP contribution < -0.4 is 21.7 Å². The Balaban J connectivity index is 1.66. The highest BCUT2D eigenvalue weighted by atomic mass is 16.2. The zero-order chi connectivity index (χ0) is 16.2. The highest BCUT2D eigenvalue weighted by molar-refractivity contribution is 5.80. The molecule has 2 atom stereocenters. The highest BCUT2D eigenvalue weighted by Crippen LogP contribution is 2.24. The Morgan fingerprint density at radius 2 is 2.13 bits per heavy atom. The first-order valence-corrected chi connectivity index (χ1v) is 7.51. The van der Waals surface area contributed by atoms with Crippen LogP contribution in [0.4, 0.5) is 0 Å². The monoisotopic (exact) mass is 313 g/mol. The minimum Gasteiger partial charge on any atom is -0.350 e. The van der Waals surface area contributed by atoms with E-state index in [1.807, 2.05) is 30.3 Å². The number of nitrogens with zero attached hydrogens (tertiary/aromatic N) is 1. The van der Waals surface area contributed by atoms with Crippen molar-refractivity contribution >= 4 is 5.91 Å². The number of aromatic nitrogens is 2. The minimum absolute atomic E-state index is 0.0731. The summed E-state index contributed by atoms with van der Waals surface area (Å²) in [6, 6.07) is 11.2. The fourth-order valence-electron chi connectivity index (χ4n) is 2.76. The van der Waals surface area contributed by atoms with Crippen LogP contribution in [0.3, 0.4) is 0 Å². The van der Waals surface area contributed by atoms with E-state index in [0.717, 1.165) is 5.56 Å². The quantitative estimate of drug-likeness (QED) is 0.644. The van der Waals surface area contributed by atoms with Gasteiger partial charge in [-0.15, -0.1) is 0 Å². The second kappa shape index (κ2) is 6.72. The predicted octanol–water partition coefficient (Wildman–Crippen LogP) is 0.160. The highest BCUT2D eigenvalue weighted by Gasteiger charge is 2.33. The van der Waals surface area contributed by atoms with Crippen LogP contribution >= 0.6 is 0 Å². The van der Waals surface area contributed by atoms with Crippen LogP contribution in [0, 0.1) is 12.8 Å². The molecule has 2 heterocycles. The SMILES string of the molecule is Cc1nc(CNC(=O)C2CNNC2c2ccccc2)cc(=O)[nH]1. The van der Waals surface area contributed by atoms with Gasteiger partial charge in [0.25, 0.3) is 5.56 Å². The van der Waals surface area contributed by atoms with E-state index in [1.165, 1.54) is 6.07 Å². The molecule has 1 saturated heterocycles. The maximum atomic E-state index is 12.5. The normalized spacial score (nSPS) is 20.4. The van der Waals surface area contributed by atoms with Gasteiger partial charge >= 0.3 is 0 Å². The van der Waals surface area contributed by atoms with Crippen LogP contribution in [-0.4, -0.2) is 22.4 Å². The van der Waals surface area contributed by atoms with Crippen LogP contribution in [0.2, 0.25) is 0 Å². The van der Waals surface area contributed by atoms with Crippen molar-refractivity contribution in [2.24, 2.45) is 5.92 Å². The molecule has 3 rings (SSSR count). The summed E-state index contributed by atoms with van der Waals surface area (Å²) in [4.78, 5) is 30.7. The van der Waals surface area contributed by atoms with Crippen molar-refractivity contribution in [2.45, 2.75) is 19.5 Å². The summed E-state index contributed by atoms with van der Waals surface area (Å²) >= 11 is 0. The van der Waals surface area contributed by atoms with Gasteiger partial charge in [0.05, 0.1) is 24.2 Å². The second-order valence-electron chi connectivity index (χ2n) is 5.56. The molecule has 1 aliphatic heterocycles. The van der Waals surface area contributed by atoms with E-state index in [2.05, 4.69) is 26.1 Å². The molecule has 1 amide bonds. The van der Waals surface area contributed by atoms with Gasteiger partial charge in [0, 0.05) is 12.6 Å². The number of nitrogens with one attached hydrogen (secondary N) is 4. The van der Waals surface area contributed by atoms with Gasteiger partial charge in [0.2, 0.25) is 5.91 Å². The fourth-order valence-corrected chi connectivity index (χ4v) is 2.76. The molecule has 23 heavy (non-hydrogen) atoms. The topological polar surface area (TPSA) is 98.9 Å². The van der Waals surface area contributed by atoms with Gasteiger partial charge in [-0.1, -0.05) is 30.3 Å². The fraction of sp³-hybridized carbons (Fsp3) is 0.312. The number of hydrogen-bond acceptors (Lipinski definition) is 5. The van der Waals surface area contributed by atoms with Gasteiger partial charge in [0.15, 0.2) is 0 Å². The van der Waals surface area contributed by atoms with Crippen molar-refractivity contribution in [1.82, 2.24) is 26.1 Å². The summed E-state index contributed by atoms with van der Waals surface area (Å²) in [6.07, 6.45) is 0. The molecule has 120 valence electrons. The van der Waals surface area contributed by atoms with Gasteiger partial charge in [-0.25, -0.2) is 10.4 Å². The Kier molecular flexibility index (Phi) is 4.50. The molecular weight excluding hydrogens is 294 g/mol. The Hall–Kier alpha value is -2.51. The van der Waals surface area contributed by atoms with Crippen LogP contribution in [0.15, 0.2) is 41.2 Å². The van der Waals surface area contributed by atoms with E-state index in [4.69, 9.17) is 0 Å². The summed E-state index contributed by atoms with van der Waals surface area (Å²) in [5, 5.41) is 2.86. The van der Waals surface area contributed by atoms with Crippen LogP contribution in [-0.2, 0) is 11.3 Å². The Morgan fingerprint density at radius 1 is 1.35 bits per heavy atom. The maximum Gasteiger partial charge on any atom is 0.251 e. The van der Waals surface area contributed by atoms with Gasteiger partial charge in [-0.3, -0.25) is 15.0 Å². The lowest BCUT2D eigenvalue weighted by atomic mass is 9.94. The average Bonchev–Trinajstić information content (AvgIpc) is 3.02. The molecule has 0 spiro atoms. The predicted molar refractivity (Wildman–Crippen MR) is 85.3 cm³/mol. The lowest BCUT2D eigenvalue weighted by Gasteiger charge is -2.18. The third kappa shape index (κ3) is 3.64. The summed E-state index contributed by atoms with van der Waals surface area (Å²) < 4.78 is 0. The molecule has 2 unspecified atom stereocenters. The van der Waals surface area contributed by atoms with Crippen LogP contribution in [0.1, 0.15) is 23.1 Å². The van der Waals surface area contributed by atoms with Crippen molar-refractivity contribution < 1.29 is 4.79 Å². The third-order valence-corrected chi connectivity index (χ3v) is 3.83. The number of carbonyl (C=O) groups is 1. The van der Waals surface area contributed by atoms with Crippen molar-refractivity contribution in [3.63, 3.8) is 0 Å². The van der Waals surface area contributed by atoms with E-state index in [-0.39, 0.29) is 30.0 Å². The number of hydrogen-bond donors (Lipinski definition) is 4. The number of amides is 1. The second-order valence-corrected chi connectivity index (χ2v) is 5.56. The Bertz CT molecular complexity index is 744. The number of H-pyrrole nitrogens is 1. The number of aromatic amines is 1. The zero-order valence-electron chi connectivity index (χ0n) is 12.8. The lowest BCUT2D eigenvalue weighted by molar-refractivity contribution is -0.125. The number of rotatable bonds is 4. The maximum absolute atomic E-state index is 12.5. The number of carbonyl (C=O) groups excluding carboxylic acids is 1. The molecule has 7 heteroatoms. The van der Waals surface area contributed by atoms with Gasteiger partial charge in [0.1, 0.15) is 5.82 Å². The first-order valence-electron chi connectivity index (χ1n) is 7.51. The van der Waals surface area contributed by atoms with Gasteiger partial charge < -0.3 is 10.3 Å². The largest absolute Gasteiger partial charge is 0.350 e. The van der Waals surface area contributed by atoms with E-state index in [0.29, 0.717) is 18.1 Å². The molecule has 0 saturated carbocycles. The molecule has 7 nitrogen and oxygen atoms in total. The number of aryl methyl sites for hydroxylation is 1. The van der Waals surface area contributed by atoms with Crippen LogP contribution in [0.25, 0.3) is 0 Å². The molecule has 4 N–H and O–H groups in total. The van der Waals surface area contributed by atoms with Gasteiger partial charge in [-0.2, -0.15) is 0 Å². The summed E-state index contributed by atoms with van der Waals surface area (Å²) in [6.45, 7) is 2.50. The summed E-state index contributed by atoms with van der Waals surface area (Å²) in [5.74, 6) is 0.240. The number of hydrazine groups is 1. The third-order valence-electron chi connectivity index (χ3n) is 3.83. The molecule has 1 aliphatic rings. The first kappa shape index (κ1) is 15.4. The first-order chi connectivity index (χ1) is 11.1. The molecular formula is C16H19N5O2. The van der Waals surface area contributed by atoms with Crippen molar-refractivity contribution in [1.29, 1.82) is 0 Å². The Labute approximate surface area is 133 Å². The molecule has 2 aromatic rings. The Morgan fingerprint density at radius 3 is 2.87 bits per heavy atom. The van der Waals surface area contributed by atoms with Crippen molar-refractivity contribution in [2.75, 3.05) is 6.54 Å². The van der Waals surface area contributed by atoms with E-state index in [9.17, 15) is 9.59 Å².